The average Bonchev–Trinajstić information content (AvgIpc) is 2.37. The third kappa shape index (κ3) is 3.95. The van der Waals surface area contributed by atoms with Crippen LogP contribution in [0.5, 0.6) is 5.88 Å². The molecular formula is C12H21N5O3. The lowest BCUT2D eigenvalue weighted by Crippen LogP contribution is -2.29. The number of rotatable bonds is 7. The number of nitro groups is 1. The number of aromatic nitrogens is 1. The van der Waals surface area contributed by atoms with Crippen LogP contribution in [0.25, 0.3) is 0 Å². The van der Waals surface area contributed by atoms with Gasteiger partial charge >= 0.3 is 5.69 Å². The fourth-order valence-corrected chi connectivity index (χ4v) is 1.62. The van der Waals surface area contributed by atoms with E-state index in [1.54, 1.807) is 18.9 Å². The van der Waals surface area contributed by atoms with Crippen molar-refractivity contribution in [2.24, 2.45) is 0 Å². The molecule has 2 N–H and O–H groups in total. The number of nitrogens with two attached hydrogens (primary N) is 1. The van der Waals surface area contributed by atoms with Gasteiger partial charge in [-0.1, -0.05) is 0 Å². The molecule has 0 aliphatic rings. The summed E-state index contributed by atoms with van der Waals surface area (Å²) < 4.78 is 5.29. The molecule has 0 bridgehead atoms. The summed E-state index contributed by atoms with van der Waals surface area (Å²) in [6, 6.07) is 1.29. The number of nitrogens with zero attached hydrogens (tertiary/aromatic N) is 4. The Morgan fingerprint density at radius 2 is 2.05 bits per heavy atom. The van der Waals surface area contributed by atoms with Crippen molar-refractivity contribution < 1.29 is 9.66 Å². The van der Waals surface area contributed by atoms with Gasteiger partial charge in [-0.05, 0) is 21.0 Å². The van der Waals surface area contributed by atoms with Gasteiger partial charge in [0.1, 0.15) is 5.69 Å². The second-order valence-corrected chi connectivity index (χ2v) is 4.64. The molecule has 1 rings (SSSR count). The number of ether oxygens (including phenoxy) is 1. The lowest BCUT2D eigenvalue weighted by atomic mass is 10.3. The maximum Gasteiger partial charge on any atom is 0.313 e. The van der Waals surface area contributed by atoms with Crippen LogP contribution in [-0.2, 0) is 0 Å². The molecule has 1 aromatic rings. The summed E-state index contributed by atoms with van der Waals surface area (Å²) in [4.78, 5) is 18.5. The zero-order valence-electron chi connectivity index (χ0n) is 12.3. The number of nitrogen functional groups attached to an aromatic ring is 1. The molecule has 0 atom stereocenters. The topological polar surface area (TPSA) is 97.8 Å². The van der Waals surface area contributed by atoms with Crippen LogP contribution in [0, 0.1) is 10.1 Å². The zero-order chi connectivity index (χ0) is 15.3. The maximum absolute atomic E-state index is 11.1. The monoisotopic (exact) mass is 283 g/mol. The average molecular weight is 283 g/mol. The van der Waals surface area contributed by atoms with E-state index in [1.165, 1.54) is 6.07 Å². The molecule has 0 spiro atoms. The smallest absolute Gasteiger partial charge is 0.313 e. The molecule has 1 aromatic heterocycles. The Bertz CT molecular complexity index is 478. The summed E-state index contributed by atoms with van der Waals surface area (Å²) in [5.41, 5.74) is 5.77. The summed E-state index contributed by atoms with van der Waals surface area (Å²) in [5.74, 6) is 0.485. The Balaban J connectivity index is 3.12. The normalized spacial score (nSPS) is 10.7. The second-order valence-electron chi connectivity index (χ2n) is 4.64. The molecule has 0 aliphatic heterocycles. The molecule has 20 heavy (non-hydrogen) atoms. The van der Waals surface area contributed by atoms with Gasteiger partial charge in [-0.25, -0.2) is 0 Å². The molecule has 1 heterocycles. The predicted octanol–water partition coefficient (Wildman–Crippen LogP) is 0.968. The van der Waals surface area contributed by atoms with Crippen LogP contribution in [0.1, 0.15) is 6.92 Å². The molecule has 0 amide bonds. The number of likely N-dealkylation sites (N-methyl/N-ethyl adjacent to an activating group) is 2. The first kappa shape index (κ1) is 16.0. The number of hydrogen-bond acceptors (Lipinski definition) is 7. The SMILES string of the molecule is CCOc1nc(N(C)CCN(C)C)c([N+](=O)[O-])cc1N. The van der Waals surface area contributed by atoms with Crippen molar-refractivity contribution in [3.05, 3.63) is 16.2 Å². The zero-order valence-corrected chi connectivity index (χ0v) is 12.3. The lowest BCUT2D eigenvalue weighted by Gasteiger charge is -2.21. The van der Waals surface area contributed by atoms with Gasteiger partial charge in [0.25, 0.3) is 0 Å². The highest BCUT2D eigenvalue weighted by atomic mass is 16.6. The van der Waals surface area contributed by atoms with Crippen molar-refractivity contribution >= 4 is 17.2 Å². The number of hydrogen-bond donors (Lipinski definition) is 1. The van der Waals surface area contributed by atoms with Crippen LogP contribution >= 0.6 is 0 Å². The van der Waals surface area contributed by atoms with Gasteiger partial charge in [-0.2, -0.15) is 4.98 Å². The summed E-state index contributed by atoms with van der Waals surface area (Å²) in [7, 11) is 5.62. The van der Waals surface area contributed by atoms with E-state index in [2.05, 4.69) is 4.98 Å². The fourth-order valence-electron chi connectivity index (χ4n) is 1.62. The molecule has 0 saturated heterocycles. The minimum atomic E-state index is -0.486. The van der Waals surface area contributed by atoms with Crippen molar-refractivity contribution in [1.29, 1.82) is 0 Å². The summed E-state index contributed by atoms with van der Waals surface area (Å²) in [5, 5.41) is 11.1. The van der Waals surface area contributed by atoms with Crippen LogP contribution in [-0.4, -0.2) is 55.6 Å². The highest BCUT2D eigenvalue weighted by molar-refractivity contribution is 5.67. The van der Waals surface area contributed by atoms with Crippen molar-refractivity contribution in [1.82, 2.24) is 9.88 Å². The van der Waals surface area contributed by atoms with E-state index in [0.717, 1.165) is 6.54 Å². The van der Waals surface area contributed by atoms with Gasteiger partial charge in [-0.3, -0.25) is 10.1 Å². The third-order valence-electron chi connectivity index (χ3n) is 2.70. The lowest BCUT2D eigenvalue weighted by molar-refractivity contribution is -0.384. The molecule has 0 fully saturated rings. The first-order valence-electron chi connectivity index (χ1n) is 6.30. The van der Waals surface area contributed by atoms with E-state index in [4.69, 9.17) is 10.5 Å². The molecule has 0 aromatic carbocycles. The minimum absolute atomic E-state index is 0.118. The van der Waals surface area contributed by atoms with E-state index in [0.29, 0.717) is 13.2 Å². The minimum Gasteiger partial charge on any atom is -0.476 e. The van der Waals surface area contributed by atoms with Crippen molar-refractivity contribution in [3.63, 3.8) is 0 Å². The molecule has 0 radical (unpaired) electrons. The van der Waals surface area contributed by atoms with Crippen molar-refractivity contribution in [2.45, 2.75) is 6.92 Å². The second kappa shape index (κ2) is 6.90. The van der Waals surface area contributed by atoms with Crippen molar-refractivity contribution in [3.8, 4) is 5.88 Å². The highest BCUT2D eigenvalue weighted by Gasteiger charge is 2.22. The van der Waals surface area contributed by atoms with Crippen LogP contribution < -0.4 is 15.4 Å². The molecule has 112 valence electrons. The number of pyridine rings is 1. The van der Waals surface area contributed by atoms with Gasteiger partial charge < -0.3 is 20.3 Å². The standard InChI is InChI=1S/C12H21N5O3/c1-5-20-12-9(13)8-10(17(18)19)11(14-12)16(4)7-6-15(2)3/h8H,5-7,13H2,1-4H3. The van der Waals surface area contributed by atoms with Crippen LogP contribution in [0.4, 0.5) is 17.2 Å². The van der Waals surface area contributed by atoms with Crippen LogP contribution in [0.2, 0.25) is 0 Å². The Morgan fingerprint density at radius 1 is 1.40 bits per heavy atom. The summed E-state index contributed by atoms with van der Waals surface area (Å²) >= 11 is 0. The quantitative estimate of drug-likeness (QED) is 0.588. The largest absolute Gasteiger partial charge is 0.476 e. The maximum atomic E-state index is 11.1. The first-order chi connectivity index (χ1) is 9.36. The Hall–Kier alpha value is -2.09. The molecular weight excluding hydrogens is 262 g/mol. The van der Waals surface area contributed by atoms with E-state index in [-0.39, 0.29) is 23.1 Å². The van der Waals surface area contributed by atoms with E-state index in [9.17, 15) is 10.1 Å². The van der Waals surface area contributed by atoms with E-state index >= 15 is 0 Å². The molecule has 0 saturated carbocycles. The van der Waals surface area contributed by atoms with Gasteiger partial charge in [-0.15, -0.1) is 0 Å². The first-order valence-corrected chi connectivity index (χ1v) is 6.30. The Morgan fingerprint density at radius 3 is 2.55 bits per heavy atom. The van der Waals surface area contributed by atoms with Gasteiger partial charge in [0.2, 0.25) is 11.7 Å². The van der Waals surface area contributed by atoms with E-state index < -0.39 is 4.92 Å². The van der Waals surface area contributed by atoms with Gasteiger partial charge in [0.05, 0.1) is 11.5 Å². The van der Waals surface area contributed by atoms with Crippen LogP contribution in [0.3, 0.4) is 0 Å². The molecule has 8 heteroatoms. The Kier molecular flexibility index (Phi) is 5.51. The number of anilines is 2. The highest BCUT2D eigenvalue weighted by Crippen LogP contribution is 2.32. The van der Waals surface area contributed by atoms with Gasteiger partial charge in [0.15, 0.2) is 0 Å². The predicted molar refractivity (Wildman–Crippen MR) is 78.3 cm³/mol. The molecule has 0 unspecified atom stereocenters. The molecule has 0 aliphatic carbocycles. The van der Waals surface area contributed by atoms with Crippen LogP contribution in [0.15, 0.2) is 6.07 Å². The fraction of sp³-hybridized carbons (Fsp3) is 0.583. The van der Waals surface area contributed by atoms with E-state index in [1.807, 2.05) is 19.0 Å². The molecule has 8 nitrogen and oxygen atoms in total. The summed E-state index contributed by atoms with van der Waals surface area (Å²) in [6.07, 6.45) is 0. The van der Waals surface area contributed by atoms with Crippen molar-refractivity contribution in [2.75, 3.05) is 51.5 Å². The van der Waals surface area contributed by atoms with Gasteiger partial charge in [0, 0.05) is 26.2 Å². The third-order valence-corrected chi connectivity index (χ3v) is 2.70. The Labute approximate surface area is 118 Å². The summed E-state index contributed by atoms with van der Waals surface area (Å²) in [6.45, 7) is 3.56.